The fourth-order valence-electron chi connectivity index (χ4n) is 2.16. The molecular weight excluding hydrogens is 384 g/mol. The highest BCUT2D eigenvalue weighted by atomic mass is 35.5. The van der Waals surface area contributed by atoms with E-state index in [1.165, 1.54) is 23.5 Å². The van der Waals surface area contributed by atoms with Gasteiger partial charge in [-0.3, -0.25) is 9.59 Å². The Bertz CT molecular complexity index is 876. The lowest BCUT2D eigenvalue weighted by molar-refractivity contribution is -0.121. The highest BCUT2D eigenvalue weighted by Gasteiger charge is 2.15. The number of hydrogen-bond donors (Lipinski definition) is 2. The van der Waals surface area contributed by atoms with Crippen LogP contribution in [0, 0.1) is 0 Å². The van der Waals surface area contributed by atoms with Gasteiger partial charge in [-0.25, -0.2) is 13.6 Å². The van der Waals surface area contributed by atoms with Gasteiger partial charge < -0.3 is 5.32 Å². The summed E-state index contributed by atoms with van der Waals surface area (Å²) in [6.45, 7) is 1.77. The molecule has 1 aromatic carbocycles. The van der Waals surface area contributed by atoms with Crippen LogP contribution in [0.15, 0.2) is 41.3 Å². The van der Waals surface area contributed by atoms with Gasteiger partial charge in [-0.15, -0.1) is 11.3 Å². The Labute approximate surface area is 155 Å². The van der Waals surface area contributed by atoms with Crippen LogP contribution in [-0.2, 0) is 14.8 Å². The van der Waals surface area contributed by atoms with E-state index in [0.29, 0.717) is 9.21 Å². The molecule has 0 spiro atoms. The molecule has 0 saturated heterocycles. The zero-order valence-electron chi connectivity index (χ0n) is 13.4. The molecule has 1 heterocycles. The third-order valence-corrected chi connectivity index (χ3v) is 5.71. The molecule has 2 rings (SSSR count). The number of Topliss-reactive ketones (excluding diaryl/α,β-unsaturated/α-hetero) is 1. The summed E-state index contributed by atoms with van der Waals surface area (Å²) in [7, 11) is -3.74. The third-order valence-electron chi connectivity index (χ3n) is 3.51. The van der Waals surface area contributed by atoms with Gasteiger partial charge >= 0.3 is 0 Å². The highest BCUT2D eigenvalue weighted by molar-refractivity contribution is 7.89. The molecule has 3 N–H and O–H groups in total. The molecule has 2 aromatic rings. The second-order valence-corrected chi connectivity index (χ2v) is 8.71. The lowest BCUT2D eigenvalue weighted by Crippen LogP contribution is -2.27. The summed E-state index contributed by atoms with van der Waals surface area (Å²) in [5.74, 6) is -0.392. The van der Waals surface area contributed by atoms with Crippen molar-refractivity contribution in [2.24, 2.45) is 5.14 Å². The van der Waals surface area contributed by atoms with Crippen LogP contribution in [0.2, 0.25) is 4.34 Å². The van der Waals surface area contributed by atoms with Gasteiger partial charge in [-0.2, -0.15) is 0 Å². The smallest absolute Gasteiger partial charge is 0.238 e. The number of nitrogens with one attached hydrogen (secondary N) is 1. The van der Waals surface area contributed by atoms with Crippen molar-refractivity contribution < 1.29 is 18.0 Å². The Balaban J connectivity index is 1.88. The van der Waals surface area contributed by atoms with Crippen LogP contribution in [0.5, 0.6) is 0 Å². The van der Waals surface area contributed by atoms with Crippen molar-refractivity contribution in [1.29, 1.82) is 0 Å². The van der Waals surface area contributed by atoms with Crippen LogP contribution >= 0.6 is 22.9 Å². The number of rotatable bonds is 7. The number of nitrogens with two attached hydrogens (primary N) is 1. The molecular formula is C16H17ClN2O4S2. The standard InChI is InChI=1S/C16H17ClN2O4S2/c1-10(11-2-4-12(5-3-11)25(18,22)23)19-16(21)9-6-13(20)14-7-8-15(17)24-14/h2-5,7-8,10H,6,9H2,1H3,(H,19,21)(H2,18,22,23)/t10-/m0/s1. The van der Waals surface area contributed by atoms with Crippen molar-refractivity contribution in [2.75, 3.05) is 0 Å². The zero-order valence-corrected chi connectivity index (χ0v) is 15.7. The monoisotopic (exact) mass is 400 g/mol. The number of thiophene rings is 1. The maximum absolute atomic E-state index is 12.0. The zero-order chi connectivity index (χ0) is 18.6. The molecule has 1 atom stereocenters. The molecule has 9 heteroatoms. The minimum atomic E-state index is -3.74. The number of benzene rings is 1. The maximum atomic E-state index is 12.0. The normalized spacial score (nSPS) is 12.6. The van der Waals surface area contributed by atoms with Gasteiger partial charge in [0.05, 0.1) is 20.2 Å². The Morgan fingerprint density at radius 1 is 1.16 bits per heavy atom. The van der Waals surface area contributed by atoms with E-state index in [1.54, 1.807) is 31.2 Å². The summed E-state index contributed by atoms with van der Waals surface area (Å²) in [5.41, 5.74) is 0.733. The first-order chi connectivity index (χ1) is 11.7. The topological polar surface area (TPSA) is 106 Å². The predicted molar refractivity (Wildman–Crippen MR) is 97.3 cm³/mol. The van der Waals surface area contributed by atoms with E-state index in [2.05, 4.69) is 5.32 Å². The van der Waals surface area contributed by atoms with E-state index in [1.807, 2.05) is 0 Å². The average Bonchev–Trinajstić information content (AvgIpc) is 2.98. The van der Waals surface area contributed by atoms with E-state index >= 15 is 0 Å². The fraction of sp³-hybridized carbons (Fsp3) is 0.250. The summed E-state index contributed by atoms with van der Waals surface area (Å²) in [6.07, 6.45) is 0.160. The van der Waals surface area contributed by atoms with Crippen molar-refractivity contribution in [1.82, 2.24) is 5.32 Å². The molecule has 0 unspecified atom stereocenters. The van der Waals surface area contributed by atoms with Crippen LogP contribution in [0.3, 0.4) is 0 Å². The second-order valence-electron chi connectivity index (χ2n) is 5.43. The summed E-state index contributed by atoms with van der Waals surface area (Å²) in [4.78, 5) is 24.5. The van der Waals surface area contributed by atoms with Gasteiger partial charge in [0.25, 0.3) is 0 Å². The SMILES string of the molecule is C[C@H](NC(=O)CCC(=O)c1ccc(Cl)s1)c1ccc(S(N)(=O)=O)cc1. The highest BCUT2D eigenvalue weighted by Crippen LogP contribution is 2.23. The van der Waals surface area contributed by atoms with Crippen molar-refractivity contribution in [2.45, 2.75) is 30.7 Å². The van der Waals surface area contributed by atoms with Gasteiger partial charge in [0.1, 0.15) is 0 Å². The quantitative estimate of drug-likeness (QED) is 0.697. The van der Waals surface area contributed by atoms with Crippen LogP contribution < -0.4 is 10.5 Å². The Kier molecular flexibility index (Phi) is 6.34. The van der Waals surface area contributed by atoms with Crippen LogP contribution in [-0.4, -0.2) is 20.1 Å². The van der Waals surface area contributed by atoms with Crippen molar-refractivity contribution in [3.05, 3.63) is 51.2 Å². The fourth-order valence-corrected chi connectivity index (χ4v) is 3.68. The lowest BCUT2D eigenvalue weighted by atomic mass is 10.1. The Morgan fingerprint density at radius 3 is 2.32 bits per heavy atom. The number of amides is 1. The van der Waals surface area contributed by atoms with Gasteiger partial charge in [0.2, 0.25) is 15.9 Å². The second kappa shape index (κ2) is 8.09. The number of hydrogen-bond acceptors (Lipinski definition) is 5. The van der Waals surface area contributed by atoms with Gasteiger partial charge in [0, 0.05) is 12.8 Å². The molecule has 0 radical (unpaired) electrons. The summed E-state index contributed by atoms with van der Waals surface area (Å²) >= 11 is 6.97. The number of carbonyl (C=O) groups is 2. The Hall–Kier alpha value is -1.74. The molecule has 0 aliphatic heterocycles. The van der Waals surface area contributed by atoms with Crippen molar-refractivity contribution in [3.8, 4) is 0 Å². The van der Waals surface area contributed by atoms with E-state index in [9.17, 15) is 18.0 Å². The predicted octanol–water partition coefficient (Wildman–Crippen LogP) is 2.89. The van der Waals surface area contributed by atoms with Gasteiger partial charge in [-0.05, 0) is 36.8 Å². The summed E-state index contributed by atoms with van der Waals surface area (Å²) < 4.78 is 23.0. The molecule has 134 valence electrons. The van der Waals surface area contributed by atoms with Crippen molar-refractivity contribution >= 4 is 44.7 Å². The summed E-state index contributed by atoms with van der Waals surface area (Å²) in [6, 6.07) is 8.91. The van der Waals surface area contributed by atoms with Crippen LogP contribution in [0.1, 0.15) is 41.0 Å². The molecule has 0 bridgehead atoms. The molecule has 1 aromatic heterocycles. The minimum absolute atomic E-state index is 0.00924. The molecule has 25 heavy (non-hydrogen) atoms. The van der Waals surface area contributed by atoms with E-state index < -0.39 is 10.0 Å². The van der Waals surface area contributed by atoms with Gasteiger partial charge in [-0.1, -0.05) is 23.7 Å². The van der Waals surface area contributed by atoms with Crippen LogP contribution in [0.4, 0.5) is 0 Å². The summed E-state index contributed by atoms with van der Waals surface area (Å²) in [5, 5.41) is 7.82. The largest absolute Gasteiger partial charge is 0.350 e. The molecule has 1 amide bonds. The van der Waals surface area contributed by atoms with Crippen molar-refractivity contribution in [3.63, 3.8) is 0 Å². The third kappa shape index (κ3) is 5.64. The number of sulfonamides is 1. The van der Waals surface area contributed by atoms with Crippen LogP contribution in [0.25, 0.3) is 0 Å². The number of primary sulfonamides is 1. The van der Waals surface area contributed by atoms with E-state index in [0.717, 1.165) is 5.56 Å². The molecule has 0 aliphatic rings. The molecule has 0 aliphatic carbocycles. The Morgan fingerprint density at radius 2 is 1.80 bits per heavy atom. The molecule has 0 fully saturated rings. The minimum Gasteiger partial charge on any atom is -0.350 e. The number of carbonyl (C=O) groups excluding carboxylic acids is 2. The number of ketones is 1. The lowest BCUT2D eigenvalue weighted by Gasteiger charge is -2.14. The first-order valence-electron chi connectivity index (χ1n) is 7.37. The number of halogens is 1. The van der Waals surface area contributed by atoms with E-state index in [-0.39, 0.29) is 35.5 Å². The first-order valence-corrected chi connectivity index (χ1v) is 10.1. The maximum Gasteiger partial charge on any atom is 0.238 e. The molecule has 0 saturated carbocycles. The average molecular weight is 401 g/mol. The van der Waals surface area contributed by atoms with E-state index in [4.69, 9.17) is 16.7 Å². The van der Waals surface area contributed by atoms with Gasteiger partial charge in [0.15, 0.2) is 5.78 Å². The molecule has 6 nitrogen and oxygen atoms in total. The first kappa shape index (κ1) is 19.6.